The summed E-state index contributed by atoms with van der Waals surface area (Å²) in [6.07, 6.45) is 4.98. The van der Waals surface area contributed by atoms with E-state index in [0.29, 0.717) is 4.58 Å². The van der Waals surface area contributed by atoms with E-state index in [-0.39, 0.29) is 5.91 Å². The van der Waals surface area contributed by atoms with Crippen LogP contribution in [0.2, 0.25) is 0 Å². The van der Waals surface area contributed by atoms with Gasteiger partial charge in [0.05, 0.1) is 4.58 Å². The summed E-state index contributed by atoms with van der Waals surface area (Å²) in [5.74, 6) is 3.43. The zero-order valence-electron chi connectivity index (χ0n) is 15.2. The highest BCUT2D eigenvalue weighted by Gasteiger charge is 2.17. The Balaban J connectivity index is 1.37. The molecule has 3 nitrogen and oxygen atoms in total. The molecule has 1 amide bonds. The van der Waals surface area contributed by atoms with Crippen molar-refractivity contribution in [1.82, 2.24) is 10.2 Å². The first-order valence-electron chi connectivity index (χ1n) is 9.56. The Labute approximate surface area is 160 Å². The van der Waals surface area contributed by atoms with Gasteiger partial charge in [-0.05, 0) is 80.4 Å². The summed E-state index contributed by atoms with van der Waals surface area (Å²) < 4.78 is 0.540. The van der Waals surface area contributed by atoms with Crippen LogP contribution in [0.1, 0.15) is 53.1 Å². The van der Waals surface area contributed by atoms with Crippen molar-refractivity contribution in [1.29, 1.82) is 0 Å². The van der Waals surface area contributed by atoms with Gasteiger partial charge in [0.25, 0.3) is 5.91 Å². The van der Waals surface area contributed by atoms with Crippen molar-refractivity contribution in [2.24, 2.45) is 5.92 Å². The standard InChI is InChI=1S/C20H30N2OS2/c1-16-8-12-22(13-9-16)11-2-10-21-19(23)17-4-6-18(7-5-17)20-24-14-3-15-25-20/h4-7,16,20H,2-3,8-15H2,1H3,(H,21,23). The number of thioether (sulfide) groups is 2. The molecule has 0 spiro atoms. The Hall–Kier alpha value is -0.650. The zero-order valence-corrected chi connectivity index (χ0v) is 16.8. The maximum Gasteiger partial charge on any atom is 0.251 e. The number of hydrogen-bond donors (Lipinski definition) is 1. The van der Waals surface area contributed by atoms with Crippen LogP contribution in [-0.4, -0.2) is 48.5 Å². The SMILES string of the molecule is CC1CCN(CCCNC(=O)c2ccc(C3SCCCS3)cc2)CC1. The van der Waals surface area contributed by atoms with E-state index in [1.165, 1.54) is 49.4 Å². The lowest BCUT2D eigenvalue weighted by molar-refractivity contribution is 0.0950. The fraction of sp³-hybridized carbons (Fsp3) is 0.650. The van der Waals surface area contributed by atoms with Gasteiger partial charge in [0.2, 0.25) is 0 Å². The zero-order chi connectivity index (χ0) is 17.5. The molecule has 0 aliphatic carbocycles. The van der Waals surface area contributed by atoms with Crippen LogP contribution in [0.25, 0.3) is 0 Å². The molecule has 3 rings (SSSR count). The maximum absolute atomic E-state index is 12.3. The number of carbonyl (C=O) groups is 1. The number of carbonyl (C=O) groups excluding carboxylic acids is 1. The first kappa shape index (κ1) is 19.1. The van der Waals surface area contributed by atoms with Gasteiger partial charge in [-0.3, -0.25) is 4.79 Å². The van der Waals surface area contributed by atoms with Crippen LogP contribution in [0.15, 0.2) is 24.3 Å². The summed E-state index contributed by atoms with van der Waals surface area (Å²) in [6.45, 7) is 6.64. The number of likely N-dealkylation sites (tertiary alicyclic amines) is 1. The highest BCUT2D eigenvalue weighted by molar-refractivity contribution is 8.16. The van der Waals surface area contributed by atoms with E-state index >= 15 is 0 Å². The summed E-state index contributed by atoms with van der Waals surface area (Å²) in [5.41, 5.74) is 2.12. The first-order chi connectivity index (χ1) is 12.2. The number of nitrogens with zero attached hydrogens (tertiary/aromatic N) is 1. The summed E-state index contributed by atoms with van der Waals surface area (Å²) in [7, 11) is 0. The van der Waals surface area contributed by atoms with Crippen molar-refractivity contribution >= 4 is 29.4 Å². The first-order valence-corrected chi connectivity index (χ1v) is 11.7. The molecular weight excluding hydrogens is 348 g/mol. The number of nitrogens with one attached hydrogen (secondary N) is 1. The van der Waals surface area contributed by atoms with Crippen molar-refractivity contribution in [3.8, 4) is 0 Å². The minimum Gasteiger partial charge on any atom is -0.352 e. The maximum atomic E-state index is 12.3. The molecule has 0 aromatic heterocycles. The van der Waals surface area contributed by atoms with Gasteiger partial charge in [0, 0.05) is 12.1 Å². The molecule has 25 heavy (non-hydrogen) atoms. The number of benzene rings is 1. The predicted molar refractivity (Wildman–Crippen MR) is 111 cm³/mol. The van der Waals surface area contributed by atoms with Crippen LogP contribution in [0.5, 0.6) is 0 Å². The average Bonchev–Trinajstić information content (AvgIpc) is 2.67. The van der Waals surface area contributed by atoms with E-state index in [2.05, 4.69) is 29.3 Å². The van der Waals surface area contributed by atoms with Gasteiger partial charge >= 0.3 is 0 Å². The third-order valence-electron chi connectivity index (χ3n) is 5.09. The lowest BCUT2D eigenvalue weighted by Gasteiger charge is -2.30. The van der Waals surface area contributed by atoms with Crippen LogP contribution < -0.4 is 5.32 Å². The summed E-state index contributed by atoms with van der Waals surface area (Å²) in [4.78, 5) is 14.8. The molecule has 0 atom stereocenters. The fourth-order valence-electron chi connectivity index (χ4n) is 3.36. The van der Waals surface area contributed by atoms with Gasteiger partial charge in [-0.2, -0.15) is 0 Å². The van der Waals surface area contributed by atoms with E-state index in [9.17, 15) is 4.79 Å². The average molecular weight is 379 g/mol. The second kappa shape index (κ2) is 9.89. The predicted octanol–water partition coefficient (Wildman–Crippen LogP) is 4.41. The van der Waals surface area contributed by atoms with Crippen LogP contribution in [0.4, 0.5) is 0 Å². The molecule has 2 fully saturated rings. The molecule has 138 valence electrons. The molecule has 1 N–H and O–H groups in total. The van der Waals surface area contributed by atoms with Crippen LogP contribution in [0.3, 0.4) is 0 Å². The Morgan fingerprint density at radius 2 is 1.84 bits per heavy atom. The minimum absolute atomic E-state index is 0.0581. The Morgan fingerprint density at radius 3 is 2.52 bits per heavy atom. The Kier molecular flexibility index (Phi) is 7.56. The number of hydrogen-bond acceptors (Lipinski definition) is 4. The molecule has 1 aromatic carbocycles. The van der Waals surface area contributed by atoms with Gasteiger partial charge in [0.1, 0.15) is 0 Å². The van der Waals surface area contributed by atoms with Gasteiger partial charge in [0.15, 0.2) is 0 Å². The van der Waals surface area contributed by atoms with Crippen molar-refractivity contribution in [2.45, 2.75) is 37.2 Å². The third-order valence-corrected chi connectivity index (χ3v) is 8.10. The van der Waals surface area contributed by atoms with E-state index in [1.54, 1.807) is 0 Å². The number of rotatable bonds is 6. The van der Waals surface area contributed by atoms with E-state index in [0.717, 1.165) is 31.0 Å². The molecule has 0 saturated carbocycles. The highest BCUT2D eigenvalue weighted by Crippen LogP contribution is 2.43. The van der Waals surface area contributed by atoms with Crippen molar-refractivity contribution < 1.29 is 4.79 Å². The van der Waals surface area contributed by atoms with Gasteiger partial charge in [-0.1, -0.05) is 19.1 Å². The van der Waals surface area contributed by atoms with Gasteiger partial charge in [-0.25, -0.2) is 0 Å². The topological polar surface area (TPSA) is 32.3 Å². The number of amides is 1. The van der Waals surface area contributed by atoms with Crippen LogP contribution >= 0.6 is 23.5 Å². The lowest BCUT2D eigenvalue weighted by Crippen LogP contribution is -2.35. The van der Waals surface area contributed by atoms with Crippen molar-refractivity contribution in [3.05, 3.63) is 35.4 Å². The van der Waals surface area contributed by atoms with Crippen molar-refractivity contribution in [2.75, 3.05) is 37.7 Å². The smallest absolute Gasteiger partial charge is 0.251 e. The summed E-state index contributed by atoms with van der Waals surface area (Å²) in [5, 5.41) is 3.07. The molecule has 2 heterocycles. The second-order valence-electron chi connectivity index (χ2n) is 7.18. The lowest BCUT2D eigenvalue weighted by atomic mass is 9.99. The Bertz CT molecular complexity index is 535. The molecule has 1 aromatic rings. The normalized spacial score (nSPS) is 20.5. The minimum atomic E-state index is 0.0581. The molecule has 0 unspecified atom stereocenters. The van der Waals surface area contributed by atoms with Crippen molar-refractivity contribution in [3.63, 3.8) is 0 Å². The van der Waals surface area contributed by atoms with Gasteiger partial charge in [-0.15, -0.1) is 23.5 Å². The molecule has 0 bridgehead atoms. The monoisotopic (exact) mass is 378 g/mol. The molecule has 0 radical (unpaired) electrons. The van der Waals surface area contributed by atoms with Crippen LogP contribution in [0, 0.1) is 5.92 Å². The van der Waals surface area contributed by atoms with E-state index in [1.807, 2.05) is 35.7 Å². The van der Waals surface area contributed by atoms with E-state index in [4.69, 9.17) is 0 Å². The largest absolute Gasteiger partial charge is 0.352 e. The highest BCUT2D eigenvalue weighted by atomic mass is 32.2. The summed E-state index contributed by atoms with van der Waals surface area (Å²) in [6, 6.07) is 8.21. The molecule has 2 aliphatic rings. The summed E-state index contributed by atoms with van der Waals surface area (Å²) >= 11 is 4.04. The molecule has 2 saturated heterocycles. The second-order valence-corrected chi connectivity index (χ2v) is 9.91. The van der Waals surface area contributed by atoms with Crippen LogP contribution in [-0.2, 0) is 0 Å². The third kappa shape index (κ3) is 5.93. The van der Waals surface area contributed by atoms with E-state index < -0.39 is 0 Å². The quantitative estimate of drug-likeness (QED) is 0.743. The van der Waals surface area contributed by atoms with Gasteiger partial charge < -0.3 is 10.2 Å². The molecule has 2 aliphatic heterocycles. The molecule has 5 heteroatoms. The Morgan fingerprint density at radius 1 is 1.16 bits per heavy atom. The fourth-order valence-corrected chi connectivity index (χ4v) is 6.26. The number of piperidine rings is 1. The molecular formula is C20H30N2OS2.